The molecule has 1 unspecified atom stereocenters. The van der Waals surface area contributed by atoms with Gasteiger partial charge in [-0.2, -0.15) is 0 Å². The Morgan fingerprint density at radius 2 is 2.22 bits per heavy atom. The third kappa shape index (κ3) is 2.64. The van der Waals surface area contributed by atoms with Crippen molar-refractivity contribution in [2.75, 3.05) is 11.9 Å². The SMILES string of the molecule is Cc1cc(NC(=O)C2(C)CCCCN2)ccc1O. The lowest BCUT2D eigenvalue weighted by molar-refractivity contribution is -0.122. The van der Waals surface area contributed by atoms with Crippen molar-refractivity contribution in [3.05, 3.63) is 23.8 Å². The van der Waals surface area contributed by atoms with E-state index in [1.165, 1.54) is 0 Å². The fourth-order valence-electron chi connectivity index (χ4n) is 2.25. The van der Waals surface area contributed by atoms with Gasteiger partial charge in [0.05, 0.1) is 5.54 Å². The predicted octanol–water partition coefficient (Wildman–Crippen LogP) is 2.17. The molecule has 1 amide bonds. The summed E-state index contributed by atoms with van der Waals surface area (Å²) in [5.41, 5.74) is 1.00. The highest BCUT2D eigenvalue weighted by Gasteiger charge is 2.34. The Labute approximate surface area is 107 Å². The Morgan fingerprint density at radius 3 is 2.83 bits per heavy atom. The minimum Gasteiger partial charge on any atom is -0.508 e. The van der Waals surface area contributed by atoms with E-state index >= 15 is 0 Å². The van der Waals surface area contributed by atoms with Gasteiger partial charge >= 0.3 is 0 Å². The molecule has 18 heavy (non-hydrogen) atoms. The average molecular weight is 248 g/mol. The Morgan fingerprint density at radius 1 is 1.44 bits per heavy atom. The van der Waals surface area contributed by atoms with E-state index in [2.05, 4.69) is 10.6 Å². The summed E-state index contributed by atoms with van der Waals surface area (Å²) in [6, 6.07) is 5.09. The van der Waals surface area contributed by atoms with E-state index in [4.69, 9.17) is 0 Å². The van der Waals surface area contributed by atoms with Gasteiger partial charge in [-0.15, -0.1) is 0 Å². The minimum absolute atomic E-state index is 0.00714. The van der Waals surface area contributed by atoms with Crippen LogP contribution in [0.2, 0.25) is 0 Å². The Hall–Kier alpha value is -1.55. The van der Waals surface area contributed by atoms with Crippen LogP contribution in [0.25, 0.3) is 0 Å². The molecular formula is C14H20N2O2. The van der Waals surface area contributed by atoms with Gasteiger partial charge in [0.25, 0.3) is 0 Å². The molecule has 1 saturated heterocycles. The molecule has 0 bridgehead atoms. The third-order valence-corrected chi connectivity index (χ3v) is 3.57. The number of carbonyl (C=O) groups is 1. The van der Waals surface area contributed by atoms with Crippen LogP contribution in [0.4, 0.5) is 5.69 Å². The lowest BCUT2D eigenvalue weighted by atomic mass is 9.90. The van der Waals surface area contributed by atoms with Crippen LogP contribution in [-0.2, 0) is 4.79 Å². The van der Waals surface area contributed by atoms with E-state index in [1.54, 1.807) is 18.2 Å². The molecule has 0 radical (unpaired) electrons. The molecule has 0 aromatic heterocycles. The highest BCUT2D eigenvalue weighted by atomic mass is 16.3. The summed E-state index contributed by atoms with van der Waals surface area (Å²) >= 11 is 0. The van der Waals surface area contributed by atoms with Crippen LogP contribution in [0.1, 0.15) is 31.7 Å². The summed E-state index contributed by atoms with van der Waals surface area (Å²) in [6.45, 7) is 4.64. The molecule has 1 aliphatic rings. The van der Waals surface area contributed by atoms with Crippen molar-refractivity contribution in [2.24, 2.45) is 0 Å². The molecule has 3 N–H and O–H groups in total. The molecule has 4 nitrogen and oxygen atoms in total. The molecule has 0 spiro atoms. The van der Waals surface area contributed by atoms with Crippen LogP contribution in [0, 0.1) is 6.92 Å². The molecule has 4 heteroatoms. The zero-order chi connectivity index (χ0) is 13.2. The smallest absolute Gasteiger partial charge is 0.244 e. The molecular weight excluding hydrogens is 228 g/mol. The number of benzene rings is 1. The summed E-state index contributed by atoms with van der Waals surface area (Å²) in [5, 5.41) is 15.6. The predicted molar refractivity (Wildman–Crippen MR) is 71.7 cm³/mol. The molecule has 1 heterocycles. The fraction of sp³-hybridized carbons (Fsp3) is 0.500. The maximum absolute atomic E-state index is 12.2. The number of hydrogen-bond acceptors (Lipinski definition) is 3. The molecule has 0 aliphatic carbocycles. The summed E-state index contributed by atoms with van der Waals surface area (Å²) in [7, 11) is 0. The van der Waals surface area contributed by atoms with Gasteiger partial charge in [0, 0.05) is 5.69 Å². The van der Waals surface area contributed by atoms with Crippen LogP contribution < -0.4 is 10.6 Å². The first-order valence-corrected chi connectivity index (χ1v) is 6.37. The Kier molecular flexibility index (Phi) is 3.57. The number of aryl methyl sites for hydroxylation is 1. The van der Waals surface area contributed by atoms with Crippen LogP contribution in [0.15, 0.2) is 18.2 Å². The molecule has 1 aliphatic heterocycles. The van der Waals surface area contributed by atoms with Crippen molar-refractivity contribution >= 4 is 11.6 Å². The van der Waals surface area contributed by atoms with Crippen molar-refractivity contribution in [1.82, 2.24) is 5.32 Å². The molecule has 1 fully saturated rings. The number of amides is 1. The molecule has 1 aromatic rings. The van der Waals surface area contributed by atoms with Crippen LogP contribution in [-0.4, -0.2) is 23.1 Å². The lowest BCUT2D eigenvalue weighted by Gasteiger charge is -2.33. The van der Waals surface area contributed by atoms with Crippen molar-refractivity contribution in [2.45, 2.75) is 38.6 Å². The third-order valence-electron chi connectivity index (χ3n) is 3.57. The zero-order valence-electron chi connectivity index (χ0n) is 10.9. The van der Waals surface area contributed by atoms with Gasteiger partial charge in [-0.25, -0.2) is 0 Å². The quantitative estimate of drug-likeness (QED) is 0.703. The lowest BCUT2D eigenvalue weighted by Crippen LogP contribution is -2.54. The zero-order valence-corrected chi connectivity index (χ0v) is 10.9. The second kappa shape index (κ2) is 4.98. The van der Waals surface area contributed by atoms with Crippen molar-refractivity contribution in [3.63, 3.8) is 0 Å². The van der Waals surface area contributed by atoms with Crippen molar-refractivity contribution in [3.8, 4) is 5.75 Å². The van der Waals surface area contributed by atoms with E-state index in [0.29, 0.717) is 0 Å². The molecule has 1 atom stereocenters. The van der Waals surface area contributed by atoms with Gasteiger partial charge < -0.3 is 15.7 Å². The van der Waals surface area contributed by atoms with Gasteiger partial charge in [-0.1, -0.05) is 0 Å². The standard InChI is InChI=1S/C14H20N2O2/c1-10-9-11(5-6-12(10)17)16-13(18)14(2)7-3-4-8-15-14/h5-6,9,15,17H,3-4,7-8H2,1-2H3,(H,16,18). The van der Waals surface area contributed by atoms with E-state index in [1.807, 2.05) is 13.8 Å². The van der Waals surface area contributed by atoms with E-state index in [0.717, 1.165) is 37.1 Å². The summed E-state index contributed by atoms with van der Waals surface area (Å²) < 4.78 is 0. The van der Waals surface area contributed by atoms with E-state index in [-0.39, 0.29) is 11.7 Å². The normalized spacial score (nSPS) is 23.7. The number of nitrogens with one attached hydrogen (secondary N) is 2. The summed E-state index contributed by atoms with van der Waals surface area (Å²) in [4.78, 5) is 12.2. The van der Waals surface area contributed by atoms with Gasteiger partial charge in [0.15, 0.2) is 0 Å². The van der Waals surface area contributed by atoms with Crippen LogP contribution in [0.5, 0.6) is 5.75 Å². The topological polar surface area (TPSA) is 61.4 Å². The first-order chi connectivity index (χ1) is 8.51. The maximum atomic E-state index is 12.2. The minimum atomic E-state index is -0.482. The van der Waals surface area contributed by atoms with Crippen LogP contribution >= 0.6 is 0 Å². The van der Waals surface area contributed by atoms with Crippen molar-refractivity contribution in [1.29, 1.82) is 0 Å². The number of carbonyl (C=O) groups excluding carboxylic acids is 1. The number of aromatic hydroxyl groups is 1. The molecule has 1 aromatic carbocycles. The largest absolute Gasteiger partial charge is 0.508 e. The molecule has 2 rings (SSSR count). The van der Waals surface area contributed by atoms with Crippen LogP contribution in [0.3, 0.4) is 0 Å². The highest BCUT2D eigenvalue weighted by molar-refractivity contribution is 5.98. The number of rotatable bonds is 2. The average Bonchev–Trinajstić information content (AvgIpc) is 2.35. The second-order valence-corrected chi connectivity index (χ2v) is 5.17. The van der Waals surface area contributed by atoms with Gasteiger partial charge in [0.1, 0.15) is 5.75 Å². The molecule has 98 valence electrons. The number of piperidine rings is 1. The number of anilines is 1. The van der Waals surface area contributed by atoms with Gasteiger partial charge in [0.2, 0.25) is 5.91 Å². The van der Waals surface area contributed by atoms with E-state index < -0.39 is 5.54 Å². The fourth-order valence-corrected chi connectivity index (χ4v) is 2.25. The summed E-state index contributed by atoms with van der Waals surface area (Å²) in [5.74, 6) is 0.238. The number of phenolic OH excluding ortho intramolecular Hbond substituents is 1. The first-order valence-electron chi connectivity index (χ1n) is 6.37. The van der Waals surface area contributed by atoms with Crippen molar-refractivity contribution < 1.29 is 9.90 Å². The second-order valence-electron chi connectivity index (χ2n) is 5.17. The van der Waals surface area contributed by atoms with Gasteiger partial charge in [-0.05, 0) is 63.4 Å². The highest BCUT2D eigenvalue weighted by Crippen LogP contribution is 2.23. The van der Waals surface area contributed by atoms with Gasteiger partial charge in [-0.3, -0.25) is 4.79 Å². The Bertz CT molecular complexity index is 451. The Balaban J connectivity index is 2.08. The summed E-state index contributed by atoms with van der Waals surface area (Å²) in [6.07, 6.45) is 3.06. The van der Waals surface area contributed by atoms with E-state index in [9.17, 15) is 9.90 Å². The number of hydrogen-bond donors (Lipinski definition) is 3. The first kappa shape index (κ1) is 12.9. The monoisotopic (exact) mass is 248 g/mol. The number of phenols is 1. The maximum Gasteiger partial charge on any atom is 0.244 e. The molecule has 0 saturated carbocycles.